The van der Waals surface area contributed by atoms with Crippen LogP contribution < -0.4 is 14.8 Å². The van der Waals surface area contributed by atoms with E-state index in [4.69, 9.17) is 9.47 Å². The Bertz CT molecular complexity index is 910. The highest BCUT2D eigenvalue weighted by Gasteiger charge is 2.27. The largest absolute Gasteiger partial charge is 0.485 e. The number of nitrogens with zero attached hydrogens (tertiary/aromatic N) is 1. The van der Waals surface area contributed by atoms with E-state index in [1.807, 2.05) is 42.7 Å². The molecule has 1 aromatic heterocycles. The van der Waals surface area contributed by atoms with Crippen LogP contribution in [0.4, 0.5) is 5.69 Å². The van der Waals surface area contributed by atoms with Crippen molar-refractivity contribution in [3.05, 3.63) is 42.5 Å². The molecule has 2 heterocycles. The summed E-state index contributed by atoms with van der Waals surface area (Å²) in [4.78, 5) is 16.9. The number of amides is 1. The molecule has 0 radical (unpaired) electrons. The second kappa shape index (κ2) is 6.33. The number of anilines is 1. The first kappa shape index (κ1) is 15.3. The van der Waals surface area contributed by atoms with E-state index < -0.39 is 6.10 Å². The van der Waals surface area contributed by atoms with Crippen LogP contribution in [0.3, 0.4) is 0 Å². The van der Waals surface area contributed by atoms with Crippen LogP contribution >= 0.6 is 23.1 Å². The number of hydrogen-bond donors (Lipinski definition) is 1. The second-order valence-electron chi connectivity index (χ2n) is 5.22. The van der Waals surface area contributed by atoms with Crippen molar-refractivity contribution < 1.29 is 14.3 Å². The standard InChI is InChI=1S/C17H14N2O3S2/c1-23-17-19-11-7-6-10(8-15(11)24-17)18-16(20)14-9-21-12-4-2-3-5-13(12)22-14/h2-8,14H,9H2,1H3,(H,18,20)/t14-/m0/s1. The Labute approximate surface area is 147 Å². The van der Waals surface area contributed by atoms with Crippen molar-refractivity contribution >= 4 is 44.9 Å². The lowest BCUT2D eigenvalue weighted by molar-refractivity contribution is -0.125. The van der Waals surface area contributed by atoms with Crippen LogP contribution in [-0.4, -0.2) is 29.9 Å². The average Bonchev–Trinajstić information content (AvgIpc) is 3.03. The minimum Gasteiger partial charge on any atom is -0.485 e. The number of fused-ring (bicyclic) bond motifs is 2. The zero-order valence-corrected chi connectivity index (χ0v) is 14.4. The number of para-hydroxylation sites is 2. The number of thiazole rings is 1. The van der Waals surface area contributed by atoms with Crippen LogP contribution in [0.1, 0.15) is 0 Å². The molecule has 1 amide bonds. The average molecular weight is 358 g/mol. The summed E-state index contributed by atoms with van der Waals surface area (Å²) >= 11 is 3.22. The number of nitrogens with one attached hydrogen (secondary N) is 1. The number of carbonyl (C=O) groups excluding carboxylic acids is 1. The Morgan fingerprint density at radius 2 is 2.12 bits per heavy atom. The lowest BCUT2D eigenvalue weighted by Gasteiger charge is -2.25. The van der Waals surface area contributed by atoms with Crippen LogP contribution in [0.2, 0.25) is 0 Å². The van der Waals surface area contributed by atoms with Crippen molar-refractivity contribution in [3.8, 4) is 11.5 Å². The number of aromatic nitrogens is 1. The van der Waals surface area contributed by atoms with Gasteiger partial charge in [0.25, 0.3) is 5.91 Å². The summed E-state index contributed by atoms with van der Waals surface area (Å²) in [5.74, 6) is 1.03. The van der Waals surface area contributed by atoms with Gasteiger partial charge in [-0.3, -0.25) is 4.79 Å². The summed E-state index contributed by atoms with van der Waals surface area (Å²) in [6.07, 6.45) is 1.33. The van der Waals surface area contributed by atoms with Gasteiger partial charge in [-0.2, -0.15) is 0 Å². The van der Waals surface area contributed by atoms with E-state index in [9.17, 15) is 4.79 Å². The van der Waals surface area contributed by atoms with Gasteiger partial charge in [0.05, 0.1) is 10.2 Å². The summed E-state index contributed by atoms with van der Waals surface area (Å²) in [6, 6.07) is 13.0. The smallest absolute Gasteiger partial charge is 0.269 e. The van der Waals surface area contributed by atoms with Crippen molar-refractivity contribution in [1.82, 2.24) is 4.98 Å². The van der Waals surface area contributed by atoms with Gasteiger partial charge in [-0.15, -0.1) is 11.3 Å². The van der Waals surface area contributed by atoms with Crippen molar-refractivity contribution in [2.24, 2.45) is 0 Å². The van der Waals surface area contributed by atoms with Crippen molar-refractivity contribution in [2.45, 2.75) is 10.4 Å². The first-order chi connectivity index (χ1) is 11.7. The van der Waals surface area contributed by atoms with Gasteiger partial charge in [-0.1, -0.05) is 23.9 Å². The maximum atomic E-state index is 12.4. The van der Waals surface area contributed by atoms with Gasteiger partial charge in [-0.05, 0) is 36.6 Å². The van der Waals surface area contributed by atoms with Crippen molar-refractivity contribution in [1.29, 1.82) is 0 Å². The quantitative estimate of drug-likeness (QED) is 0.722. The number of rotatable bonds is 3. The molecule has 1 aliphatic heterocycles. The highest BCUT2D eigenvalue weighted by atomic mass is 32.2. The Morgan fingerprint density at radius 1 is 1.29 bits per heavy atom. The number of carbonyl (C=O) groups is 1. The molecule has 0 unspecified atom stereocenters. The third-order valence-corrected chi connectivity index (χ3v) is 5.62. The second-order valence-corrected chi connectivity index (χ2v) is 7.30. The molecule has 0 saturated heterocycles. The first-order valence-electron chi connectivity index (χ1n) is 7.37. The SMILES string of the molecule is CSc1nc2ccc(NC(=O)[C@@H]3COc4ccccc4O3)cc2s1. The monoisotopic (exact) mass is 358 g/mol. The third kappa shape index (κ3) is 2.92. The van der Waals surface area contributed by atoms with Gasteiger partial charge in [0.15, 0.2) is 15.8 Å². The van der Waals surface area contributed by atoms with Gasteiger partial charge in [0.1, 0.15) is 6.61 Å². The number of thioether (sulfide) groups is 1. The molecule has 0 bridgehead atoms. The van der Waals surface area contributed by atoms with E-state index in [2.05, 4.69) is 10.3 Å². The summed E-state index contributed by atoms with van der Waals surface area (Å²) in [6.45, 7) is 0.197. The molecule has 0 spiro atoms. The minimum absolute atomic E-state index is 0.197. The fraction of sp³-hybridized carbons (Fsp3) is 0.176. The molecule has 3 aromatic rings. The van der Waals surface area contributed by atoms with Crippen LogP contribution in [0.15, 0.2) is 46.8 Å². The molecular weight excluding hydrogens is 344 g/mol. The Morgan fingerprint density at radius 3 is 2.96 bits per heavy atom. The highest BCUT2D eigenvalue weighted by molar-refractivity contribution is 8.00. The number of ether oxygens (including phenoxy) is 2. The van der Waals surface area contributed by atoms with Crippen molar-refractivity contribution in [2.75, 3.05) is 18.2 Å². The first-order valence-corrected chi connectivity index (χ1v) is 9.41. The van der Waals surface area contributed by atoms with Crippen LogP contribution in [0.5, 0.6) is 11.5 Å². The van der Waals surface area contributed by atoms with E-state index in [1.165, 1.54) is 0 Å². The summed E-state index contributed by atoms with van der Waals surface area (Å²) in [7, 11) is 0. The normalized spacial score (nSPS) is 16.1. The maximum absolute atomic E-state index is 12.4. The molecule has 1 atom stereocenters. The molecule has 4 rings (SSSR count). The summed E-state index contributed by atoms with van der Waals surface area (Å²) < 4.78 is 13.4. The fourth-order valence-electron chi connectivity index (χ4n) is 2.44. The minimum atomic E-state index is -0.668. The molecule has 1 aliphatic rings. The molecule has 5 nitrogen and oxygen atoms in total. The molecule has 1 N–H and O–H groups in total. The van der Waals surface area contributed by atoms with Crippen molar-refractivity contribution in [3.63, 3.8) is 0 Å². The van der Waals surface area contributed by atoms with E-state index in [1.54, 1.807) is 29.2 Å². The molecule has 2 aromatic carbocycles. The van der Waals surface area contributed by atoms with E-state index in [0.717, 1.165) is 20.2 Å². The molecular formula is C17H14N2O3S2. The van der Waals surface area contributed by atoms with E-state index in [-0.39, 0.29) is 12.5 Å². The predicted molar refractivity (Wildman–Crippen MR) is 96.4 cm³/mol. The van der Waals surface area contributed by atoms with Gasteiger partial charge in [0, 0.05) is 5.69 Å². The fourth-order valence-corrected chi connectivity index (χ4v) is 3.97. The molecule has 0 aliphatic carbocycles. The molecule has 24 heavy (non-hydrogen) atoms. The topological polar surface area (TPSA) is 60.5 Å². The molecule has 7 heteroatoms. The van der Waals surface area contributed by atoms with E-state index in [0.29, 0.717) is 11.5 Å². The van der Waals surface area contributed by atoms with E-state index >= 15 is 0 Å². The third-order valence-electron chi connectivity index (χ3n) is 3.61. The molecule has 0 saturated carbocycles. The molecule has 122 valence electrons. The maximum Gasteiger partial charge on any atom is 0.269 e. The Balaban J connectivity index is 1.50. The highest BCUT2D eigenvalue weighted by Crippen LogP contribution is 2.32. The zero-order valence-electron chi connectivity index (χ0n) is 12.8. The van der Waals surface area contributed by atoms with Crippen LogP contribution in [0, 0.1) is 0 Å². The van der Waals surface area contributed by atoms with Gasteiger partial charge in [-0.25, -0.2) is 4.98 Å². The Kier molecular flexibility index (Phi) is 4.03. The Hall–Kier alpha value is -2.25. The number of hydrogen-bond acceptors (Lipinski definition) is 6. The lowest BCUT2D eigenvalue weighted by atomic mass is 10.2. The van der Waals surface area contributed by atoms with Gasteiger partial charge < -0.3 is 14.8 Å². The number of benzene rings is 2. The lowest BCUT2D eigenvalue weighted by Crippen LogP contribution is -2.40. The zero-order chi connectivity index (χ0) is 16.5. The van der Waals surface area contributed by atoms with Gasteiger partial charge >= 0.3 is 0 Å². The van der Waals surface area contributed by atoms with Crippen LogP contribution in [-0.2, 0) is 4.79 Å². The summed E-state index contributed by atoms with van der Waals surface area (Å²) in [5, 5.41) is 2.89. The van der Waals surface area contributed by atoms with Gasteiger partial charge in [0.2, 0.25) is 6.10 Å². The predicted octanol–water partition coefficient (Wildman–Crippen LogP) is 3.80. The molecule has 0 fully saturated rings. The van der Waals surface area contributed by atoms with Crippen LogP contribution in [0.25, 0.3) is 10.2 Å². The summed E-state index contributed by atoms with van der Waals surface area (Å²) in [5.41, 5.74) is 1.67.